The first-order valence-electron chi connectivity index (χ1n) is 8.36. The van der Waals surface area contributed by atoms with Gasteiger partial charge in [0.1, 0.15) is 5.82 Å². The summed E-state index contributed by atoms with van der Waals surface area (Å²) in [5.74, 6) is 2.64. The van der Waals surface area contributed by atoms with Gasteiger partial charge in [-0.1, -0.05) is 19.3 Å². The van der Waals surface area contributed by atoms with E-state index < -0.39 is 0 Å². The van der Waals surface area contributed by atoms with Gasteiger partial charge in [0.25, 0.3) is 0 Å². The molecule has 2 fully saturated rings. The summed E-state index contributed by atoms with van der Waals surface area (Å²) in [7, 11) is 0. The number of amides is 2. The van der Waals surface area contributed by atoms with Gasteiger partial charge in [-0.25, -0.2) is 9.48 Å². The highest BCUT2D eigenvalue weighted by molar-refractivity contribution is 7.98. The average molecular weight is 322 g/mol. The molecule has 6 heteroatoms. The Balaban J connectivity index is 1.59. The van der Waals surface area contributed by atoms with Crippen molar-refractivity contribution >= 4 is 23.6 Å². The molecular formula is C16H26N4OS. The zero-order valence-corrected chi connectivity index (χ0v) is 14.1. The predicted molar refractivity (Wildman–Crippen MR) is 91.4 cm³/mol. The van der Waals surface area contributed by atoms with E-state index in [4.69, 9.17) is 0 Å². The van der Waals surface area contributed by atoms with Gasteiger partial charge in [0.2, 0.25) is 0 Å². The third-order valence-electron chi connectivity index (χ3n) is 4.80. The molecule has 1 N–H and O–H groups in total. The minimum Gasteiger partial charge on any atom is -0.324 e. The summed E-state index contributed by atoms with van der Waals surface area (Å²) in [4.78, 5) is 14.4. The van der Waals surface area contributed by atoms with Crippen LogP contribution in [0.25, 0.3) is 0 Å². The molecule has 122 valence electrons. The Kier molecular flexibility index (Phi) is 5.28. The van der Waals surface area contributed by atoms with E-state index in [1.807, 2.05) is 27.4 Å². The molecule has 1 aliphatic heterocycles. The second kappa shape index (κ2) is 7.40. The van der Waals surface area contributed by atoms with Crippen LogP contribution in [0.1, 0.15) is 44.6 Å². The lowest BCUT2D eigenvalue weighted by Gasteiger charge is -2.25. The molecule has 1 saturated heterocycles. The van der Waals surface area contributed by atoms with E-state index >= 15 is 0 Å². The number of nitrogens with zero attached hydrogens (tertiary/aromatic N) is 3. The number of carbonyl (C=O) groups is 1. The van der Waals surface area contributed by atoms with Crippen LogP contribution in [0, 0.1) is 5.92 Å². The monoisotopic (exact) mass is 322 g/mol. The van der Waals surface area contributed by atoms with Crippen molar-refractivity contribution < 1.29 is 4.79 Å². The summed E-state index contributed by atoms with van der Waals surface area (Å²) in [5.41, 5.74) is 0. The standard InChI is InChI=1S/C16H26N4OS/c1-22-12-13-8-10-19(11-13)16(21)18-15-7-9-17-20(15)14-5-3-2-4-6-14/h7,9,13-14H,2-6,8,10-12H2,1H3,(H,18,21). The maximum Gasteiger partial charge on any atom is 0.323 e. The Bertz CT molecular complexity index is 498. The molecule has 0 bridgehead atoms. The normalized spacial score (nSPS) is 23.0. The lowest BCUT2D eigenvalue weighted by Crippen LogP contribution is -2.34. The van der Waals surface area contributed by atoms with Gasteiger partial charge in [-0.2, -0.15) is 16.9 Å². The second-order valence-corrected chi connectivity index (χ2v) is 7.35. The van der Waals surface area contributed by atoms with E-state index in [1.54, 1.807) is 6.20 Å². The number of urea groups is 1. The van der Waals surface area contributed by atoms with Gasteiger partial charge < -0.3 is 4.90 Å². The highest BCUT2D eigenvalue weighted by Crippen LogP contribution is 2.30. The molecular weight excluding hydrogens is 296 g/mol. The Hall–Kier alpha value is -1.17. The van der Waals surface area contributed by atoms with Gasteiger partial charge in [0, 0.05) is 19.2 Å². The molecule has 3 rings (SSSR count). The van der Waals surface area contributed by atoms with Crippen LogP contribution in [0.5, 0.6) is 0 Å². The van der Waals surface area contributed by atoms with Crippen molar-refractivity contribution in [1.29, 1.82) is 0 Å². The Labute approximate surface area is 136 Å². The third-order valence-corrected chi connectivity index (χ3v) is 5.61. The van der Waals surface area contributed by atoms with Crippen molar-refractivity contribution in [1.82, 2.24) is 14.7 Å². The van der Waals surface area contributed by atoms with Crippen molar-refractivity contribution in [3.63, 3.8) is 0 Å². The summed E-state index contributed by atoms with van der Waals surface area (Å²) in [6, 6.07) is 2.39. The number of hydrogen-bond donors (Lipinski definition) is 1. The first kappa shape index (κ1) is 15.7. The highest BCUT2D eigenvalue weighted by Gasteiger charge is 2.27. The maximum atomic E-state index is 12.5. The molecule has 1 aromatic heterocycles. The van der Waals surface area contributed by atoms with Crippen molar-refractivity contribution in [3.8, 4) is 0 Å². The fourth-order valence-electron chi connectivity index (χ4n) is 3.61. The van der Waals surface area contributed by atoms with Gasteiger partial charge in [-0.3, -0.25) is 5.32 Å². The summed E-state index contributed by atoms with van der Waals surface area (Å²) < 4.78 is 2.02. The summed E-state index contributed by atoms with van der Waals surface area (Å²) >= 11 is 1.87. The summed E-state index contributed by atoms with van der Waals surface area (Å²) in [5, 5.41) is 7.52. The molecule has 22 heavy (non-hydrogen) atoms. The van der Waals surface area contributed by atoms with Crippen LogP contribution in [0.2, 0.25) is 0 Å². The summed E-state index contributed by atoms with van der Waals surface area (Å²) in [6.45, 7) is 1.75. The smallest absolute Gasteiger partial charge is 0.323 e. The number of rotatable bonds is 4. The lowest BCUT2D eigenvalue weighted by molar-refractivity contribution is 0.220. The zero-order chi connectivity index (χ0) is 15.4. The first-order chi connectivity index (χ1) is 10.8. The van der Waals surface area contributed by atoms with Gasteiger partial charge >= 0.3 is 6.03 Å². The molecule has 1 atom stereocenters. The molecule has 1 unspecified atom stereocenters. The van der Waals surface area contributed by atoms with Crippen LogP contribution >= 0.6 is 11.8 Å². The van der Waals surface area contributed by atoms with Crippen molar-refractivity contribution in [2.75, 3.05) is 30.4 Å². The largest absolute Gasteiger partial charge is 0.324 e. The van der Waals surface area contributed by atoms with Crippen molar-refractivity contribution in [2.45, 2.75) is 44.6 Å². The average Bonchev–Trinajstić information content (AvgIpc) is 3.18. The van der Waals surface area contributed by atoms with Gasteiger partial charge in [-0.15, -0.1) is 0 Å². The lowest BCUT2D eigenvalue weighted by atomic mass is 9.96. The SMILES string of the molecule is CSCC1CCN(C(=O)Nc2ccnn2C2CCCCC2)C1. The molecule has 0 radical (unpaired) electrons. The van der Waals surface area contributed by atoms with Crippen molar-refractivity contribution in [3.05, 3.63) is 12.3 Å². The predicted octanol–water partition coefficient (Wildman–Crippen LogP) is 3.61. The quantitative estimate of drug-likeness (QED) is 0.921. The van der Waals surface area contributed by atoms with E-state index in [0.29, 0.717) is 12.0 Å². The number of thioether (sulfide) groups is 1. The molecule has 1 aliphatic carbocycles. The molecule has 5 nitrogen and oxygen atoms in total. The van der Waals surface area contributed by atoms with Gasteiger partial charge in [0.05, 0.1) is 12.2 Å². The topological polar surface area (TPSA) is 50.2 Å². The first-order valence-corrected chi connectivity index (χ1v) is 9.75. The van der Waals surface area contributed by atoms with Gasteiger partial charge in [0.15, 0.2) is 0 Å². The number of carbonyl (C=O) groups excluding carboxylic acids is 1. The van der Waals surface area contributed by atoms with E-state index in [2.05, 4.69) is 16.7 Å². The molecule has 1 saturated carbocycles. The van der Waals surface area contributed by atoms with Crippen LogP contribution in [0.3, 0.4) is 0 Å². The zero-order valence-electron chi connectivity index (χ0n) is 13.3. The molecule has 0 spiro atoms. The number of anilines is 1. The van der Waals surface area contributed by atoms with Crippen LogP contribution in [-0.2, 0) is 0 Å². The minimum absolute atomic E-state index is 0.0289. The van der Waals surface area contributed by atoms with Gasteiger partial charge in [-0.05, 0) is 37.2 Å². The van der Waals surface area contributed by atoms with Crippen LogP contribution in [0.15, 0.2) is 12.3 Å². The molecule has 1 aromatic rings. The maximum absolute atomic E-state index is 12.5. The number of nitrogens with one attached hydrogen (secondary N) is 1. The molecule has 0 aromatic carbocycles. The fourth-order valence-corrected chi connectivity index (χ4v) is 4.35. The molecule has 2 aliphatic rings. The Morgan fingerprint density at radius 3 is 2.95 bits per heavy atom. The third kappa shape index (κ3) is 3.59. The van der Waals surface area contributed by atoms with E-state index in [9.17, 15) is 4.79 Å². The Morgan fingerprint density at radius 2 is 2.18 bits per heavy atom. The van der Waals surface area contributed by atoms with Crippen molar-refractivity contribution in [2.24, 2.45) is 5.92 Å². The molecule has 2 amide bonds. The highest BCUT2D eigenvalue weighted by atomic mass is 32.2. The summed E-state index contributed by atoms with van der Waals surface area (Å²) in [6.07, 6.45) is 11.2. The number of aromatic nitrogens is 2. The van der Waals surface area contributed by atoms with E-state index in [1.165, 1.54) is 32.1 Å². The van der Waals surface area contributed by atoms with E-state index in [-0.39, 0.29) is 6.03 Å². The van der Waals surface area contributed by atoms with Crippen LogP contribution < -0.4 is 5.32 Å². The fraction of sp³-hybridized carbons (Fsp3) is 0.750. The number of hydrogen-bond acceptors (Lipinski definition) is 3. The van der Waals surface area contributed by atoms with Crippen LogP contribution in [0.4, 0.5) is 10.6 Å². The number of likely N-dealkylation sites (tertiary alicyclic amines) is 1. The second-order valence-electron chi connectivity index (χ2n) is 6.44. The van der Waals surface area contributed by atoms with E-state index in [0.717, 1.165) is 31.1 Å². The Morgan fingerprint density at radius 1 is 1.36 bits per heavy atom. The van der Waals surface area contributed by atoms with Crippen LogP contribution in [-0.4, -0.2) is 45.8 Å². The minimum atomic E-state index is 0.0289. The molecule has 2 heterocycles.